The third kappa shape index (κ3) is 4.49. The highest BCUT2D eigenvalue weighted by Gasteiger charge is 2.30. The predicted molar refractivity (Wildman–Crippen MR) is 102 cm³/mol. The van der Waals surface area contributed by atoms with Crippen molar-refractivity contribution < 1.29 is 13.2 Å². The van der Waals surface area contributed by atoms with Crippen LogP contribution in [0.25, 0.3) is 0 Å². The summed E-state index contributed by atoms with van der Waals surface area (Å²) >= 11 is 1.44. The smallest absolute Gasteiger partial charge is 0.251 e. The van der Waals surface area contributed by atoms with Crippen molar-refractivity contribution in [2.45, 2.75) is 26.3 Å². The van der Waals surface area contributed by atoms with Crippen molar-refractivity contribution in [1.29, 1.82) is 0 Å². The zero-order chi connectivity index (χ0) is 18.6. The lowest BCUT2D eigenvalue weighted by molar-refractivity contribution is -0.122. The fraction of sp³-hybridized carbons (Fsp3) is 0.444. The molecule has 3 rings (SSSR count). The van der Waals surface area contributed by atoms with Gasteiger partial charge in [-0.2, -0.15) is 4.99 Å². The number of hydrogen-bond acceptors (Lipinski definition) is 4. The Morgan fingerprint density at radius 2 is 1.92 bits per heavy atom. The van der Waals surface area contributed by atoms with Gasteiger partial charge in [0.05, 0.1) is 5.75 Å². The van der Waals surface area contributed by atoms with E-state index in [1.54, 1.807) is 6.92 Å². The molecule has 0 bridgehead atoms. The number of piperidine rings is 1. The molecule has 140 valence electrons. The van der Waals surface area contributed by atoms with Gasteiger partial charge < -0.3 is 4.57 Å². The van der Waals surface area contributed by atoms with Crippen LogP contribution in [-0.4, -0.2) is 42.0 Å². The van der Waals surface area contributed by atoms with Crippen LogP contribution in [0.4, 0.5) is 0 Å². The molecule has 2 aromatic rings. The lowest BCUT2D eigenvalue weighted by atomic mass is 9.98. The van der Waals surface area contributed by atoms with E-state index in [0.29, 0.717) is 37.3 Å². The number of rotatable bonds is 5. The molecule has 0 atom stereocenters. The van der Waals surface area contributed by atoms with Crippen LogP contribution in [0.15, 0.2) is 46.9 Å². The zero-order valence-corrected chi connectivity index (χ0v) is 16.4. The molecule has 0 saturated carbocycles. The molecule has 1 aliphatic heterocycles. The molecule has 1 fully saturated rings. The summed E-state index contributed by atoms with van der Waals surface area (Å²) in [4.78, 5) is 17.6. The van der Waals surface area contributed by atoms with Gasteiger partial charge in [0.15, 0.2) is 4.80 Å². The van der Waals surface area contributed by atoms with Crippen LogP contribution in [0.3, 0.4) is 0 Å². The first kappa shape index (κ1) is 19.0. The predicted octanol–water partition coefficient (Wildman–Crippen LogP) is 2.09. The molecule has 1 saturated heterocycles. The number of carbonyl (C=O) groups excluding carboxylic acids is 1. The van der Waals surface area contributed by atoms with Crippen molar-refractivity contribution in [3.8, 4) is 0 Å². The number of carbonyl (C=O) groups is 1. The van der Waals surface area contributed by atoms with Crippen molar-refractivity contribution in [2.75, 3.05) is 18.8 Å². The summed E-state index contributed by atoms with van der Waals surface area (Å²) in [7, 11) is -3.17. The van der Waals surface area contributed by atoms with Gasteiger partial charge in [-0.15, -0.1) is 11.3 Å². The first-order valence-corrected chi connectivity index (χ1v) is 11.2. The van der Waals surface area contributed by atoms with E-state index < -0.39 is 10.0 Å². The topological polar surface area (TPSA) is 71.7 Å². The van der Waals surface area contributed by atoms with E-state index in [4.69, 9.17) is 0 Å². The van der Waals surface area contributed by atoms with Crippen molar-refractivity contribution in [3.63, 3.8) is 0 Å². The highest BCUT2D eigenvalue weighted by Crippen LogP contribution is 2.21. The first-order valence-electron chi connectivity index (χ1n) is 8.74. The minimum atomic E-state index is -3.17. The van der Waals surface area contributed by atoms with E-state index in [1.165, 1.54) is 15.6 Å². The lowest BCUT2D eigenvalue weighted by Crippen LogP contribution is -2.41. The average Bonchev–Trinajstić information content (AvgIpc) is 3.09. The van der Waals surface area contributed by atoms with Gasteiger partial charge in [-0.1, -0.05) is 30.3 Å². The summed E-state index contributed by atoms with van der Waals surface area (Å²) in [5.41, 5.74) is 1.15. The fourth-order valence-corrected chi connectivity index (χ4v) is 4.90. The standard InChI is InChI=1S/C18H23N3O3S2/c1-2-26(23,24)21-10-8-16(9-11-21)17(22)19-18-20(12-13-25-18)14-15-6-4-3-5-7-15/h3-7,12-13,16H,2,8-11,14H2,1H3. The summed E-state index contributed by atoms with van der Waals surface area (Å²) in [5.74, 6) is -0.251. The van der Waals surface area contributed by atoms with E-state index in [1.807, 2.05) is 46.5 Å². The summed E-state index contributed by atoms with van der Waals surface area (Å²) in [6, 6.07) is 10.0. The SMILES string of the molecule is CCS(=O)(=O)N1CCC(C(=O)N=c2sccn2Cc2ccccc2)CC1. The van der Waals surface area contributed by atoms with E-state index in [2.05, 4.69) is 4.99 Å². The van der Waals surface area contributed by atoms with Gasteiger partial charge in [0.25, 0.3) is 5.91 Å². The number of sulfonamides is 1. The molecule has 0 N–H and O–H groups in total. The van der Waals surface area contributed by atoms with Gasteiger partial charge in [-0.3, -0.25) is 4.79 Å². The van der Waals surface area contributed by atoms with Crippen molar-refractivity contribution in [1.82, 2.24) is 8.87 Å². The maximum atomic E-state index is 12.6. The summed E-state index contributed by atoms with van der Waals surface area (Å²) in [6.45, 7) is 3.11. The Balaban J connectivity index is 1.68. The van der Waals surface area contributed by atoms with Crippen LogP contribution in [0.2, 0.25) is 0 Å². The van der Waals surface area contributed by atoms with E-state index >= 15 is 0 Å². The second kappa shape index (κ2) is 8.28. The molecule has 6 nitrogen and oxygen atoms in total. The minimum absolute atomic E-state index is 0.102. The molecule has 26 heavy (non-hydrogen) atoms. The quantitative estimate of drug-likeness (QED) is 0.781. The van der Waals surface area contributed by atoms with Crippen LogP contribution in [0, 0.1) is 5.92 Å². The highest BCUT2D eigenvalue weighted by atomic mass is 32.2. The minimum Gasteiger partial charge on any atom is -0.319 e. The second-order valence-electron chi connectivity index (χ2n) is 6.32. The first-order chi connectivity index (χ1) is 12.5. The van der Waals surface area contributed by atoms with Gasteiger partial charge in [-0.25, -0.2) is 12.7 Å². The maximum Gasteiger partial charge on any atom is 0.251 e. The van der Waals surface area contributed by atoms with Gasteiger partial charge in [-0.05, 0) is 25.3 Å². The van der Waals surface area contributed by atoms with Crippen LogP contribution >= 0.6 is 11.3 Å². The van der Waals surface area contributed by atoms with E-state index in [-0.39, 0.29) is 17.6 Å². The van der Waals surface area contributed by atoms with Gasteiger partial charge >= 0.3 is 0 Å². The van der Waals surface area contributed by atoms with E-state index in [0.717, 1.165) is 5.56 Å². The summed E-state index contributed by atoms with van der Waals surface area (Å²) < 4.78 is 27.3. The third-order valence-corrected chi connectivity index (χ3v) is 7.30. The molecule has 0 radical (unpaired) electrons. The molecule has 2 heterocycles. The Labute approximate surface area is 157 Å². The Kier molecular flexibility index (Phi) is 6.05. The Morgan fingerprint density at radius 1 is 1.23 bits per heavy atom. The number of aromatic nitrogens is 1. The average molecular weight is 394 g/mol. The molecule has 1 aromatic carbocycles. The molecular formula is C18H23N3O3S2. The summed E-state index contributed by atoms with van der Waals surface area (Å²) in [6.07, 6.45) is 3.00. The Hall–Kier alpha value is -1.77. The number of thiazole rings is 1. The molecule has 0 unspecified atom stereocenters. The van der Waals surface area contributed by atoms with Crippen LogP contribution in [0.1, 0.15) is 25.3 Å². The molecule has 1 aromatic heterocycles. The summed E-state index contributed by atoms with van der Waals surface area (Å²) in [5, 5.41) is 1.92. The van der Waals surface area contributed by atoms with Crippen molar-refractivity contribution in [3.05, 3.63) is 52.3 Å². The lowest BCUT2D eigenvalue weighted by Gasteiger charge is -2.29. The van der Waals surface area contributed by atoms with Gasteiger partial charge in [0.2, 0.25) is 10.0 Å². The van der Waals surface area contributed by atoms with Crippen molar-refractivity contribution in [2.24, 2.45) is 10.9 Å². The van der Waals surface area contributed by atoms with Gasteiger partial charge in [0, 0.05) is 37.1 Å². The molecule has 1 amide bonds. The van der Waals surface area contributed by atoms with Crippen LogP contribution < -0.4 is 4.80 Å². The van der Waals surface area contributed by atoms with Gasteiger partial charge in [0.1, 0.15) is 0 Å². The fourth-order valence-electron chi connectivity index (χ4n) is 3.04. The zero-order valence-electron chi connectivity index (χ0n) is 14.7. The Morgan fingerprint density at radius 3 is 2.58 bits per heavy atom. The second-order valence-corrected chi connectivity index (χ2v) is 9.45. The monoisotopic (exact) mass is 393 g/mol. The molecule has 0 spiro atoms. The van der Waals surface area contributed by atoms with Crippen LogP contribution in [-0.2, 0) is 21.4 Å². The largest absolute Gasteiger partial charge is 0.319 e. The number of amides is 1. The van der Waals surface area contributed by atoms with E-state index in [9.17, 15) is 13.2 Å². The molecular weight excluding hydrogens is 370 g/mol. The third-order valence-electron chi connectivity index (χ3n) is 4.62. The number of nitrogens with zero attached hydrogens (tertiary/aromatic N) is 3. The van der Waals surface area contributed by atoms with Crippen molar-refractivity contribution >= 4 is 27.3 Å². The van der Waals surface area contributed by atoms with Crippen LogP contribution in [0.5, 0.6) is 0 Å². The number of benzene rings is 1. The number of hydrogen-bond donors (Lipinski definition) is 0. The Bertz CT molecular complexity index is 908. The molecule has 0 aliphatic carbocycles. The maximum absolute atomic E-state index is 12.6. The molecule has 8 heteroatoms. The highest BCUT2D eigenvalue weighted by molar-refractivity contribution is 7.89. The molecule has 1 aliphatic rings. The normalized spacial score (nSPS) is 17.5.